The van der Waals surface area contributed by atoms with Crippen molar-refractivity contribution in [2.24, 2.45) is 5.92 Å². The first-order valence-electron chi connectivity index (χ1n) is 11.3. The average Bonchev–Trinajstić information content (AvgIpc) is 3.23. The zero-order valence-electron chi connectivity index (χ0n) is 17.7. The van der Waals surface area contributed by atoms with Crippen molar-refractivity contribution in [3.05, 3.63) is 21.6 Å². The number of hydrogen-bond donors (Lipinski definition) is 0. The van der Waals surface area contributed by atoms with E-state index in [1.54, 1.807) is 0 Å². The maximum absolute atomic E-state index is 12.9. The van der Waals surface area contributed by atoms with Crippen LogP contribution in [0, 0.1) is 5.92 Å². The maximum atomic E-state index is 12.9. The first-order chi connectivity index (χ1) is 14.6. The quantitative estimate of drug-likeness (QED) is 0.733. The van der Waals surface area contributed by atoms with E-state index in [4.69, 9.17) is 4.98 Å². The average molecular weight is 431 g/mol. The van der Waals surface area contributed by atoms with Gasteiger partial charge in [0.05, 0.1) is 5.69 Å². The van der Waals surface area contributed by atoms with Crippen LogP contribution in [-0.2, 0) is 17.6 Å². The van der Waals surface area contributed by atoms with Crippen LogP contribution >= 0.6 is 11.3 Å². The lowest BCUT2D eigenvalue weighted by atomic mass is 9.95. The summed E-state index contributed by atoms with van der Waals surface area (Å²) in [5.74, 6) is 0.428. The number of fused-ring (bicyclic) bond motifs is 2. The van der Waals surface area contributed by atoms with Crippen molar-refractivity contribution in [3.8, 4) is 0 Å². The van der Waals surface area contributed by atoms with Crippen molar-refractivity contribution >= 4 is 27.3 Å². The molecule has 0 atom stereocenters. The van der Waals surface area contributed by atoms with Crippen LogP contribution in [0.15, 0.2) is 4.79 Å². The molecule has 5 rings (SSSR count). The molecule has 4 heterocycles. The summed E-state index contributed by atoms with van der Waals surface area (Å²) in [5, 5.41) is 5.46. The van der Waals surface area contributed by atoms with Gasteiger partial charge >= 0.3 is 0 Å². The monoisotopic (exact) mass is 430 g/mol. The van der Waals surface area contributed by atoms with Gasteiger partial charge in [0.1, 0.15) is 0 Å². The summed E-state index contributed by atoms with van der Waals surface area (Å²) in [7, 11) is 0. The fourth-order valence-electron chi connectivity index (χ4n) is 4.95. The molecule has 3 aliphatic rings. The Hall–Kier alpha value is -2.00. The summed E-state index contributed by atoms with van der Waals surface area (Å²) in [6.07, 6.45) is 5.58. The molecule has 0 radical (unpaired) electrons. The largest absolute Gasteiger partial charge is 0.347 e. The zero-order chi connectivity index (χ0) is 20.7. The molecule has 1 amide bonds. The minimum atomic E-state index is 0.00786. The van der Waals surface area contributed by atoms with Gasteiger partial charge in [0, 0.05) is 50.7 Å². The SMILES string of the molecule is CCN1CCN(C(=O)C2CCN(c3nn4c(=O)c5c(nc4s3)CCCC5)CC2)CC1. The second-order valence-corrected chi connectivity index (χ2v) is 9.58. The first-order valence-corrected chi connectivity index (χ1v) is 12.1. The minimum absolute atomic E-state index is 0.00786. The second kappa shape index (κ2) is 8.26. The van der Waals surface area contributed by atoms with E-state index in [-0.39, 0.29) is 11.5 Å². The Labute approximate surface area is 180 Å². The fraction of sp³-hybridized carbons (Fsp3) is 0.714. The predicted molar refractivity (Wildman–Crippen MR) is 117 cm³/mol. The van der Waals surface area contributed by atoms with Gasteiger partial charge in [0.25, 0.3) is 5.56 Å². The summed E-state index contributed by atoms with van der Waals surface area (Å²) in [6.45, 7) is 8.52. The van der Waals surface area contributed by atoms with Gasteiger partial charge in [0.2, 0.25) is 16.0 Å². The van der Waals surface area contributed by atoms with Gasteiger partial charge in [-0.1, -0.05) is 18.3 Å². The van der Waals surface area contributed by atoms with E-state index in [0.29, 0.717) is 10.9 Å². The van der Waals surface area contributed by atoms with E-state index < -0.39 is 0 Å². The number of carbonyl (C=O) groups excluding carboxylic acids is 1. The molecule has 30 heavy (non-hydrogen) atoms. The third-order valence-corrected chi connectivity index (χ3v) is 7.88. The molecule has 1 aliphatic carbocycles. The summed E-state index contributed by atoms with van der Waals surface area (Å²) >= 11 is 1.50. The fourth-order valence-corrected chi connectivity index (χ4v) is 5.91. The lowest BCUT2D eigenvalue weighted by Gasteiger charge is -2.38. The molecular formula is C21H30N6O2S. The highest BCUT2D eigenvalue weighted by molar-refractivity contribution is 7.20. The molecule has 0 unspecified atom stereocenters. The van der Waals surface area contributed by atoms with Gasteiger partial charge in [-0.05, 0) is 45.1 Å². The van der Waals surface area contributed by atoms with Gasteiger partial charge in [-0.2, -0.15) is 4.52 Å². The van der Waals surface area contributed by atoms with E-state index in [2.05, 4.69) is 26.7 Å². The van der Waals surface area contributed by atoms with Crippen LogP contribution in [0.3, 0.4) is 0 Å². The number of anilines is 1. The van der Waals surface area contributed by atoms with Crippen LogP contribution < -0.4 is 10.5 Å². The highest BCUT2D eigenvalue weighted by Crippen LogP contribution is 2.29. The number of aromatic nitrogens is 3. The Morgan fingerprint density at radius 2 is 1.80 bits per heavy atom. The van der Waals surface area contributed by atoms with Crippen LogP contribution in [0.25, 0.3) is 4.96 Å². The smallest absolute Gasteiger partial charge is 0.278 e. The van der Waals surface area contributed by atoms with Crippen molar-refractivity contribution in [1.82, 2.24) is 24.4 Å². The van der Waals surface area contributed by atoms with Crippen molar-refractivity contribution in [1.29, 1.82) is 0 Å². The number of likely N-dealkylation sites (N-methyl/N-ethyl adjacent to an activating group) is 1. The number of carbonyl (C=O) groups is 1. The standard InChI is InChI=1S/C21H30N6O2S/c1-2-24-11-13-25(14-12-24)18(28)15-7-9-26(10-8-15)21-23-27-19(29)16-5-3-4-6-17(16)22-20(27)30-21/h15H,2-14H2,1H3. The van der Waals surface area contributed by atoms with E-state index in [9.17, 15) is 9.59 Å². The van der Waals surface area contributed by atoms with Gasteiger partial charge < -0.3 is 14.7 Å². The normalized spacial score (nSPS) is 21.2. The van der Waals surface area contributed by atoms with Gasteiger partial charge in [-0.25, -0.2) is 4.98 Å². The third kappa shape index (κ3) is 3.62. The Morgan fingerprint density at radius 3 is 2.53 bits per heavy atom. The molecule has 2 aromatic heterocycles. The minimum Gasteiger partial charge on any atom is -0.347 e. The summed E-state index contributed by atoms with van der Waals surface area (Å²) < 4.78 is 1.49. The molecule has 0 spiro atoms. The van der Waals surface area contributed by atoms with Crippen molar-refractivity contribution in [2.75, 3.05) is 50.7 Å². The van der Waals surface area contributed by atoms with Crippen LogP contribution in [0.5, 0.6) is 0 Å². The van der Waals surface area contributed by atoms with E-state index in [1.165, 1.54) is 15.9 Å². The summed E-state index contributed by atoms with van der Waals surface area (Å²) in [5.41, 5.74) is 1.82. The Kier molecular flexibility index (Phi) is 5.49. The lowest BCUT2D eigenvalue weighted by molar-refractivity contribution is -0.137. The van der Waals surface area contributed by atoms with E-state index in [0.717, 1.165) is 101 Å². The number of piperidine rings is 1. The number of piperazine rings is 1. The highest BCUT2D eigenvalue weighted by atomic mass is 32.1. The number of nitrogens with zero attached hydrogens (tertiary/aromatic N) is 6. The van der Waals surface area contributed by atoms with Crippen LogP contribution in [0.1, 0.15) is 43.9 Å². The van der Waals surface area contributed by atoms with Crippen molar-refractivity contribution in [3.63, 3.8) is 0 Å². The van der Waals surface area contributed by atoms with Gasteiger partial charge in [0.15, 0.2) is 0 Å². The molecule has 0 saturated carbocycles. The summed E-state index contributed by atoms with van der Waals surface area (Å²) in [4.78, 5) is 37.9. The van der Waals surface area contributed by atoms with Gasteiger partial charge in [-0.3, -0.25) is 9.59 Å². The molecular weight excluding hydrogens is 400 g/mol. The lowest BCUT2D eigenvalue weighted by Crippen LogP contribution is -2.51. The number of rotatable bonds is 3. The molecule has 162 valence electrons. The van der Waals surface area contributed by atoms with Crippen LogP contribution in [-0.4, -0.2) is 76.1 Å². The molecule has 2 aromatic rings. The number of amides is 1. The van der Waals surface area contributed by atoms with Crippen LogP contribution in [0.2, 0.25) is 0 Å². The molecule has 2 fully saturated rings. The molecule has 9 heteroatoms. The zero-order valence-corrected chi connectivity index (χ0v) is 18.5. The van der Waals surface area contributed by atoms with E-state index >= 15 is 0 Å². The predicted octanol–water partition coefficient (Wildman–Crippen LogP) is 1.41. The van der Waals surface area contributed by atoms with E-state index in [1.807, 2.05) is 0 Å². The Morgan fingerprint density at radius 1 is 1.07 bits per heavy atom. The first kappa shape index (κ1) is 19.9. The third-order valence-electron chi connectivity index (χ3n) is 6.92. The van der Waals surface area contributed by atoms with Gasteiger partial charge in [-0.15, -0.1) is 5.10 Å². The summed E-state index contributed by atoms with van der Waals surface area (Å²) in [6, 6.07) is 0. The molecule has 8 nitrogen and oxygen atoms in total. The van der Waals surface area contributed by atoms with Crippen molar-refractivity contribution in [2.45, 2.75) is 45.4 Å². The molecule has 0 bridgehead atoms. The van der Waals surface area contributed by atoms with Crippen molar-refractivity contribution < 1.29 is 4.79 Å². The Bertz CT molecular complexity index is 985. The highest BCUT2D eigenvalue weighted by Gasteiger charge is 2.31. The molecule has 2 saturated heterocycles. The Balaban J connectivity index is 1.25. The topological polar surface area (TPSA) is 74.1 Å². The number of hydrogen-bond acceptors (Lipinski definition) is 7. The second-order valence-electron chi connectivity index (χ2n) is 8.65. The van der Waals surface area contributed by atoms with Crippen LogP contribution in [0.4, 0.5) is 5.13 Å². The molecule has 0 N–H and O–H groups in total. The molecule has 2 aliphatic heterocycles. The number of aryl methyl sites for hydroxylation is 1. The maximum Gasteiger partial charge on any atom is 0.278 e. The molecule has 0 aromatic carbocycles.